The van der Waals surface area contributed by atoms with Crippen LogP contribution in [-0.4, -0.2) is 262 Å². The second-order valence-electron chi connectivity index (χ2n) is 22.6. The number of amides is 5. The molecule has 88 heavy (non-hydrogen) atoms. The van der Waals surface area contributed by atoms with Crippen LogP contribution in [0.3, 0.4) is 0 Å². The molecule has 1 saturated carbocycles. The van der Waals surface area contributed by atoms with Gasteiger partial charge in [-0.1, -0.05) is 18.2 Å². The molecular formula is C53H75N13O22. The molecule has 6 aliphatic rings. The van der Waals surface area contributed by atoms with Gasteiger partial charge in [0.25, 0.3) is 5.91 Å². The van der Waals surface area contributed by atoms with Crippen LogP contribution in [-0.2, 0) is 34.1 Å². The Morgan fingerprint density at radius 2 is 1.40 bits per heavy atom. The number of anilines is 2. The first-order chi connectivity index (χ1) is 41.3. The molecule has 2 heterocycles. The van der Waals surface area contributed by atoms with E-state index in [9.17, 15) is 90.4 Å². The number of ether oxygens (including phenoxy) is 4. The molecule has 3 fully saturated rings. The number of carbonyl (C=O) groups excluding carboxylic acids is 5. The van der Waals surface area contributed by atoms with Crippen LogP contribution in [0.25, 0.3) is 0 Å². The van der Waals surface area contributed by atoms with Gasteiger partial charge in [-0.25, -0.2) is 9.59 Å². The van der Waals surface area contributed by atoms with Crippen molar-refractivity contribution >= 4 is 52.8 Å². The molecule has 2 aromatic rings. The number of phenols is 1. The van der Waals surface area contributed by atoms with Crippen molar-refractivity contribution in [2.45, 2.75) is 129 Å². The zero-order valence-corrected chi connectivity index (χ0v) is 47.5. The van der Waals surface area contributed by atoms with Gasteiger partial charge in [0, 0.05) is 55.0 Å². The molecule has 35 heteroatoms. The fourth-order valence-corrected chi connectivity index (χ4v) is 12.5. The largest absolute Gasteiger partial charge is 0.510 e. The number of ketones is 2. The Morgan fingerprint density at radius 1 is 0.784 bits per heavy atom. The van der Waals surface area contributed by atoms with Crippen LogP contribution in [0.1, 0.15) is 36.2 Å². The number of likely N-dealkylation sites (N-methyl/N-ethyl adjacent to an activating group) is 1. The zero-order valence-electron chi connectivity index (χ0n) is 47.5. The van der Waals surface area contributed by atoms with Crippen LogP contribution < -0.4 is 54.4 Å². The predicted octanol–water partition coefficient (Wildman–Crippen LogP) is -7.47. The summed E-state index contributed by atoms with van der Waals surface area (Å²) in [5.74, 6) is -10.9. The lowest BCUT2D eigenvalue weighted by Crippen LogP contribution is -2.73. The smallest absolute Gasteiger partial charge is 0.319 e. The van der Waals surface area contributed by atoms with Gasteiger partial charge in [-0.2, -0.15) is 0 Å². The van der Waals surface area contributed by atoms with Gasteiger partial charge in [0.05, 0.1) is 60.8 Å². The Hall–Kier alpha value is -7.43. The molecule has 7 unspecified atom stereocenters. The Morgan fingerprint density at radius 3 is 2.00 bits per heavy atom. The monoisotopic (exact) mass is 1250 g/mol. The van der Waals surface area contributed by atoms with Crippen molar-refractivity contribution < 1.29 is 109 Å². The Labute approximate surface area is 500 Å². The topological polar surface area (TPSA) is 598 Å². The summed E-state index contributed by atoms with van der Waals surface area (Å²) in [6, 6.07) is 2.26. The molecule has 28 N–H and O–H groups in total. The van der Waals surface area contributed by atoms with Crippen molar-refractivity contribution in [3.63, 3.8) is 0 Å². The molecule has 20 atom stereocenters. The number of aliphatic hydroxyl groups is 12. The maximum Gasteiger partial charge on any atom is 0.319 e. The Balaban J connectivity index is 0.875. The minimum atomic E-state index is -3.03. The minimum Gasteiger partial charge on any atom is -0.510 e. The summed E-state index contributed by atoms with van der Waals surface area (Å²) in [6.45, 7) is -0.0448. The molecule has 0 radical (unpaired) electrons. The number of primary amides is 1. The van der Waals surface area contributed by atoms with E-state index in [4.69, 9.17) is 47.0 Å². The van der Waals surface area contributed by atoms with Gasteiger partial charge in [-0.3, -0.25) is 30.1 Å². The molecule has 8 rings (SSSR count). The normalized spacial score (nSPS) is 36.2. The summed E-state index contributed by atoms with van der Waals surface area (Å²) in [4.78, 5) is 68.0. The van der Waals surface area contributed by atoms with Gasteiger partial charge < -0.3 is 140 Å². The first-order valence-electron chi connectivity index (χ1n) is 27.7. The van der Waals surface area contributed by atoms with E-state index in [1.165, 1.54) is 68.3 Å². The standard InChI is InChI=1S/C53H75N13O22/c1-18-52(83,17-68)43(46(85-18)87-40-31(65-48(57)58)36(73)30(64-47(55)56)37(74)39(40)76)88-45-32(38(75)33(70)25(16-67)86-45)66(3)13-12-61-50(81)63-20-7-4-6-19(14-20)62-49(80)60-11-10-59-29-23-15-22-27(34(71)26-21(51(22,2)82)8-5-9-24(26)69)41(77)53(23,84)42(78)28(35(29)72)44(54)79/h4-9,14,18,22-23,25,29-33,36-40,43,45-46,59,67-70,72-77,82-84H,10-13,15-17H2,1-3H3,(H2,54,79)(H4,55,56,64)(H4,57,58,65)(H2,60,62,80)(H2,61,63,81)/t18-,22-,23-,25?,29?,30?,31-,32?,33-,36?,37-,38+,39?,40-,43?,45-,46-,51+,52-,53-/m0/s1. The first-order valence-corrected chi connectivity index (χ1v) is 27.7. The lowest BCUT2D eigenvalue weighted by molar-refractivity contribution is -0.327. The highest BCUT2D eigenvalue weighted by Crippen LogP contribution is 2.56. The third-order valence-electron chi connectivity index (χ3n) is 17.2. The van der Waals surface area contributed by atoms with Crippen molar-refractivity contribution in [3.05, 3.63) is 76.3 Å². The highest BCUT2D eigenvalue weighted by atomic mass is 16.8. The average Bonchev–Trinajstić information content (AvgIpc) is 0.865. The Bertz CT molecular complexity index is 3100. The predicted molar refractivity (Wildman–Crippen MR) is 300 cm³/mol. The number of nitrogens with two attached hydrogens (primary N) is 3. The second kappa shape index (κ2) is 26.0. The molecule has 2 saturated heterocycles. The fraction of sp³-hybridized carbons (Fsp3) is 0.566. The highest BCUT2D eigenvalue weighted by molar-refractivity contribution is 6.25. The quantitative estimate of drug-likeness (QED) is 0.0269. The number of hydrogen-bond acceptors (Lipinski definition) is 26. The number of guanidine groups is 2. The van der Waals surface area contributed by atoms with Crippen molar-refractivity contribution in [1.82, 2.24) is 31.5 Å². The van der Waals surface area contributed by atoms with Crippen molar-refractivity contribution in [2.24, 2.45) is 29.0 Å². The number of fused-ring (bicyclic) bond motifs is 3. The molecule has 0 bridgehead atoms. The first kappa shape index (κ1) is 66.5. The van der Waals surface area contributed by atoms with E-state index in [2.05, 4.69) is 37.2 Å². The Kier molecular flexibility index (Phi) is 19.6. The van der Waals surface area contributed by atoms with Crippen LogP contribution in [0.5, 0.6) is 5.75 Å². The van der Waals surface area contributed by atoms with E-state index in [1.54, 1.807) is 0 Å². The van der Waals surface area contributed by atoms with Gasteiger partial charge in [0.15, 0.2) is 35.9 Å². The summed E-state index contributed by atoms with van der Waals surface area (Å²) in [5.41, 5.74) is 7.41. The van der Waals surface area contributed by atoms with Gasteiger partial charge in [-0.15, -0.1) is 0 Å². The average molecular weight is 1250 g/mol. The van der Waals surface area contributed by atoms with E-state index in [-0.39, 0.29) is 48.7 Å². The van der Waals surface area contributed by atoms with Crippen LogP contribution in [0.4, 0.5) is 21.0 Å². The van der Waals surface area contributed by atoms with Gasteiger partial charge in [-0.05, 0) is 57.1 Å². The summed E-state index contributed by atoms with van der Waals surface area (Å²) in [7, 11) is 1.44. The van der Waals surface area contributed by atoms with Crippen molar-refractivity contribution in [2.75, 3.05) is 57.1 Å². The SMILES string of the molecule is C[C@@H]1O[C@@H](O[C@@H]2C(O)[C@@H](O)C(NC(=N)N)C(O)[C@@H]2NC(=N)N)C(O[C@@H]2OC(CO)[C@H](O)[C@H](O)C2N(C)CCNC(=O)Nc2cccc(NC(=O)NCCNC3C(O)=C(C(N)=O)C(=O)[C@@]4(O)C(O)=C5C(=O)c6c(O)cccc6[C@@](C)(O)[C@H]5C[C@@H]34)c2)[C@]1(O)CO. The van der Waals surface area contributed by atoms with Gasteiger partial charge in [0.2, 0.25) is 5.78 Å². The molecule has 0 spiro atoms. The fourth-order valence-electron chi connectivity index (χ4n) is 12.5. The summed E-state index contributed by atoms with van der Waals surface area (Å²) in [5, 5.41) is 179. The summed E-state index contributed by atoms with van der Waals surface area (Å²) < 4.78 is 24.1. The molecule has 4 aliphatic carbocycles. The number of nitrogens with zero attached hydrogens (tertiary/aromatic N) is 1. The number of carbonyl (C=O) groups is 5. The van der Waals surface area contributed by atoms with E-state index in [1.807, 2.05) is 0 Å². The van der Waals surface area contributed by atoms with Crippen molar-refractivity contribution in [1.29, 1.82) is 10.8 Å². The molecule has 35 nitrogen and oxygen atoms in total. The number of benzene rings is 2. The van der Waals surface area contributed by atoms with Crippen LogP contribution in [0.2, 0.25) is 0 Å². The van der Waals surface area contributed by atoms with Gasteiger partial charge in [0.1, 0.15) is 71.2 Å². The minimum absolute atomic E-state index is 0.00225. The number of hydrogen-bond donors (Lipinski definition) is 25. The summed E-state index contributed by atoms with van der Waals surface area (Å²) >= 11 is 0. The molecule has 2 aliphatic heterocycles. The maximum absolute atomic E-state index is 13.8. The number of phenolic OH excluding ortho intramolecular Hbond substituents is 1. The highest BCUT2D eigenvalue weighted by Gasteiger charge is 2.66. The lowest BCUT2D eigenvalue weighted by Gasteiger charge is -2.52. The van der Waals surface area contributed by atoms with Crippen LogP contribution in [0, 0.1) is 22.7 Å². The number of aromatic hydroxyl groups is 1. The number of rotatable bonds is 19. The van der Waals surface area contributed by atoms with Crippen LogP contribution in [0.15, 0.2) is 65.1 Å². The zero-order chi connectivity index (χ0) is 64.8. The molecule has 0 aromatic heterocycles. The third kappa shape index (κ3) is 12.2. The van der Waals surface area contributed by atoms with E-state index in [0.717, 1.165) is 0 Å². The number of urea groups is 2. The molecular weight excluding hydrogens is 1170 g/mol. The molecule has 5 amide bonds. The van der Waals surface area contributed by atoms with Crippen LogP contribution >= 0.6 is 0 Å². The number of nitrogens with one attached hydrogen (secondary N) is 9. The maximum atomic E-state index is 13.8. The number of Topliss-reactive ketones (excluding diaryl/α,β-unsaturated/α-hetero) is 2. The lowest BCUT2D eigenvalue weighted by atomic mass is 9.55. The third-order valence-corrected chi connectivity index (χ3v) is 17.2. The second-order valence-corrected chi connectivity index (χ2v) is 22.6. The van der Waals surface area contributed by atoms with Crippen molar-refractivity contribution in [3.8, 4) is 5.75 Å². The number of aliphatic hydroxyl groups excluding tert-OH is 9. The van der Waals surface area contributed by atoms with E-state index < -0.39 is 210 Å². The van der Waals surface area contributed by atoms with Gasteiger partial charge >= 0.3 is 12.1 Å². The summed E-state index contributed by atoms with van der Waals surface area (Å²) in [6.07, 6.45) is -19.5. The van der Waals surface area contributed by atoms with E-state index >= 15 is 0 Å². The molecule has 2 aromatic carbocycles. The van der Waals surface area contributed by atoms with E-state index in [0.29, 0.717) is 0 Å². The molecule has 484 valence electrons.